The Hall–Kier alpha value is -3.02. The van der Waals surface area contributed by atoms with Gasteiger partial charge in [-0.1, -0.05) is 35.9 Å². The molecule has 2 aromatic carbocycles. The van der Waals surface area contributed by atoms with Gasteiger partial charge in [0.25, 0.3) is 5.91 Å². The number of rotatable bonds is 7. The lowest BCUT2D eigenvalue weighted by Crippen LogP contribution is -2.50. The summed E-state index contributed by atoms with van der Waals surface area (Å²) in [6.45, 7) is 4.66. The van der Waals surface area contributed by atoms with E-state index in [1.54, 1.807) is 28.9 Å². The number of aromatic nitrogens is 2. The number of carbonyl (C=O) groups is 1. The van der Waals surface area contributed by atoms with Gasteiger partial charge >= 0.3 is 0 Å². The van der Waals surface area contributed by atoms with Gasteiger partial charge in [0.1, 0.15) is 0 Å². The van der Waals surface area contributed by atoms with Crippen LogP contribution in [0.4, 0.5) is 0 Å². The third-order valence-corrected chi connectivity index (χ3v) is 10.1. The number of hydrogen-bond donors (Lipinski definition) is 0. The number of carbonyl (C=O) groups excluding carboxylic acids is 1. The van der Waals surface area contributed by atoms with E-state index in [9.17, 15) is 13.2 Å². The number of ether oxygens (including phenoxy) is 1. The fourth-order valence-electron chi connectivity index (χ4n) is 5.35. The molecule has 214 valence electrons. The van der Waals surface area contributed by atoms with E-state index in [2.05, 4.69) is 4.90 Å². The highest BCUT2D eigenvalue weighted by Gasteiger charge is 2.28. The standard InChI is InChI=1S/C30H31ClN4O4S2/c1-41(37,38)23-8-4-6-21(18-23)28-11-12-29(40-28)27-19-25(32-35(27)26-10-3-2-9-24(26)31)30(36)34-15-13-33(14-16-34)20-22-7-5-17-39-22/h2-4,6,8-12,18-19,22H,5,7,13-17,20H2,1H3. The summed E-state index contributed by atoms with van der Waals surface area (Å²) < 4.78 is 31.7. The zero-order chi connectivity index (χ0) is 28.6. The molecule has 0 saturated carbocycles. The lowest BCUT2D eigenvalue weighted by atomic mass is 10.2. The molecule has 0 spiro atoms. The van der Waals surface area contributed by atoms with Crippen LogP contribution >= 0.6 is 22.9 Å². The molecule has 6 rings (SSSR count). The van der Waals surface area contributed by atoms with Crippen LogP contribution in [0.1, 0.15) is 23.3 Å². The summed E-state index contributed by atoms with van der Waals surface area (Å²) in [5.41, 5.74) is 2.60. The van der Waals surface area contributed by atoms with E-state index in [1.807, 2.05) is 47.4 Å². The molecule has 0 aliphatic carbocycles. The first kappa shape index (κ1) is 28.1. The number of piperazine rings is 1. The molecular formula is C30H31ClN4O4S2. The molecule has 1 atom stereocenters. The Morgan fingerprint density at radius 1 is 1.02 bits per heavy atom. The van der Waals surface area contributed by atoms with Gasteiger partial charge in [0.05, 0.1) is 32.3 Å². The molecule has 2 fully saturated rings. The minimum absolute atomic E-state index is 0.105. The van der Waals surface area contributed by atoms with Crippen LogP contribution in [0.5, 0.6) is 0 Å². The number of nitrogens with zero attached hydrogens (tertiary/aromatic N) is 4. The minimum atomic E-state index is -3.33. The summed E-state index contributed by atoms with van der Waals surface area (Å²) >= 11 is 8.08. The predicted octanol–water partition coefficient (Wildman–Crippen LogP) is 5.26. The zero-order valence-electron chi connectivity index (χ0n) is 22.7. The maximum atomic E-state index is 13.6. The fourth-order valence-corrected chi connectivity index (χ4v) is 7.24. The zero-order valence-corrected chi connectivity index (χ0v) is 25.1. The quantitative estimate of drug-likeness (QED) is 0.284. The average Bonchev–Trinajstić information content (AvgIpc) is 3.74. The van der Waals surface area contributed by atoms with Crippen LogP contribution in [-0.2, 0) is 14.6 Å². The van der Waals surface area contributed by atoms with Crippen LogP contribution in [0.25, 0.3) is 26.7 Å². The van der Waals surface area contributed by atoms with Gasteiger partial charge in [0, 0.05) is 50.5 Å². The van der Waals surface area contributed by atoms with E-state index >= 15 is 0 Å². The van der Waals surface area contributed by atoms with Gasteiger partial charge in [-0.2, -0.15) is 5.10 Å². The molecule has 2 saturated heterocycles. The topological polar surface area (TPSA) is 84.7 Å². The van der Waals surface area contributed by atoms with Gasteiger partial charge < -0.3 is 9.64 Å². The molecule has 11 heteroatoms. The van der Waals surface area contributed by atoms with Gasteiger partial charge in [-0.05, 0) is 60.9 Å². The molecule has 2 aliphatic rings. The Labute approximate surface area is 249 Å². The first-order valence-electron chi connectivity index (χ1n) is 13.7. The van der Waals surface area contributed by atoms with Gasteiger partial charge in [0.2, 0.25) is 0 Å². The van der Waals surface area contributed by atoms with E-state index in [4.69, 9.17) is 21.4 Å². The molecule has 8 nitrogen and oxygen atoms in total. The van der Waals surface area contributed by atoms with Crippen LogP contribution in [0.3, 0.4) is 0 Å². The normalized spacial score (nSPS) is 18.2. The van der Waals surface area contributed by atoms with Crippen LogP contribution in [0, 0.1) is 0 Å². The fraction of sp³-hybridized carbons (Fsp3) is 0.333. The molecule has 2 aromatic heterocycles. The van der Waals surface area contributed by atoms with Gasteiger partial charge in [-0.3, -0.25) is 9.69 Å². The van der Waals surface area contributed by atoms with Crippen molar-refractivity contribution < 1.29 is 17.9 Å². The molecule has 4 aromatic rings. The van der Waals surface area contributed by atoms with Crippen LogP contribution in [0.15, 0.2) is 71.6 Å². The summed E-state index contributed by atoms with van der Waals surface area (Å²) in [5.74, 6) is -0.105. The summed E-state index contributed by atoms with van der Waals surface area (Å²) in [4.78, 5) is 20.0. The van der Waals surface area contributed by atoms with E-state index in [-0.39, 0.29) is 10.8 Å². The summed E-state index contributed by atoms with van der Waals surface area (Å²) in [5, 5.41) is 5.28. The molecule has 2 aliphatic heterocycles. The third kappa shape index (κ3) is 6.12. The lowest BCUT2D eigenvalue weighted by Gasteiger charge is -2.35. The first-order valence-corrected chi connectivity index (χ1v) is 16.7. The molecule has 41 heavy (non-hydrogen) atoms. The second kappa shape index (κ2) is 11.7. The maximum Gasteiger partial charge on any atom is 0.274 e. The number of benzene rings is 2. The van der Waals surface area contributed by atoms with Crippen molar-refractivity contribution in [1.29, 1.82) is 0 Å². The monoisotopic (exact) mass is 610 g/mol. The SMILES string of the molecule is CS(=O)(=O)c1cccc(-c2ccc(-c3cc(C(=O)N4CCN(CC5CCCO5)CC4)nn3-c3ccccc3Cl)s2)c1. The molecule has 0 radical (unpaired) electrons. The van der Waals surface area contributed by atoms with Crippen LogP contribution < -0.4 is 0 Å². The Bertz CT molecular complexity index is 1670. The van der Waals surface area contributed by atoms with Crippen molar-refractivity contribution in [2.45, 2.75) is 23.8 Å². The largest absolute Gasteiger partial charge is 0.377 e. The number of para-hydroxylation sites is 1. The highest BCUT2D eigenvalue weighted by molar-refractivity contribution is 7.90. The van der Waals surface area contributed by atoms with E-state index in [1.165, 1.54) is 17.6 Å². The number of halogens is 1. The molecule has 0 bridgehead atoms. The van der Waals surface area contributed by atoms with Crippen molar-refractivity contribution in [3.8, 4) is 26.7 Å². The van der Waals surface area contributed by atoms with Gasteiger partial charge in [-0.15, -0.1) is 11.3 Å². The summed E-state index contributed by atoms with van der Waals surface area (Å²) in [6, 6.07) is 20.1. The second-order valence-corrected chi connectivity index (χ2v) is 14.0. The Kier molecular flexibility index (Phi) is 8.02. The Morgan fingerprint density at radius 2 is 1.80 bits per heavy atom. The molecule has 1 amide bonds. The predicted molar refractivity (Wildman–Crippen MR) is 162 cm³/mol. The smallest absolute Gasteiger partial charge is 0.274 e. The number of thiophene rings is 1. The maximum absolute atomic E-state index is 13.6. The molecule has 4 heterocycles. The van der Waals surface area contributed by atoms with Crippen molar-refractivity contribution >= 4 is 38.7 Å². The van der Waals surface area contributed by atoms with Crippen molar-refractivity contribution in [2.75, 3.05) is 45.6 Å². The third-order valence-electron chi connectivity index (χ3n) is 7.56. The highest BCUT2D eigenvalue weighted by atomic mass is 35.5. The first-order chi connectivity index (χ1) is 19.8. The lowest BCUT2D eigenvalue weighted by molar-refractivity contribution is 0.0429. The van der Waals surface area contributed by atoms with E-state index < -0.39 is 9.84 Å². The number of hydrogen-bond acceptors (Lipinski definition) is 7. The Balaban J connectivity index is 1.28. The highest BCUT2D eigenvalue weighted by Crippen LogP contribution is 2.37. The average molecular weight is 611 g/mol. The van der Waals surface area contributed by atoms with Crippen LogP contribution in [-0.4, -0.2) is 85.6 Å². The molecule has 0 N–H and O–H groups in total. The van der Waals surface area contributed by atoms with Crippen molar-refractivity contribution in [1.82, 2.24) is 19.6 Å². The van der Waals surface area contributed by atoms with E-state index in [0.717, 1.165) is 60.1 Å². The van der Waals surface area contributed by atoms with Gasteiger partial charge in [0.15, 0.2) is 15.5 Å². The van der Waals surface area contributed by atoms with Gasteiger partial charge in [-0.25, -0.2) is 13.1 Å². The Morgan fingerprint density at radius 3 is 2.54 bits per heavy atom. The second-order valence-electron chi connectivity index (χ2n) is 10.5. The summed E-state index contributed by atoms with van der Waals surface area (Å²) in [7, 11) is -3.33. The minimum Gasteiger partial charge on any atom is -0.377 e. The summed E-state index contributed by atoms with van der Waals surface area (Å²) in [6.07, 6.45) is 3.74. The van der Waals surface area contributed by atoms with Crippen molar-refractivity contribution in [2.24, 2.45) is 0 Å². The van der Waals surface area contributed by atoms with Crippen LogP contribution in [0.2, 0.25) is 5.02 Å². The van der Waals surface area contributed by atoms with Crippen molar-refractivity contribution in [3.63, 3.8) is 0 Å². The number of amides is 1. The van der Waals surface area contributed by atoms with Crippen molar-refractivity contribution in [3.05, 3.63) is 77.4 Å². The molecular weight excluding hydrogens is 580 g/mol. The number of sulfone groups is 1. The van der Waals surface area contributed by atoms with E-state index in [0.29, 0.717) is 35.6 Å². The molecule has 1 unspecified atom stereocenters.